The molecule has 1 saturated heterocycles. The Labute approximate surface area is 232 Å². The van der Waals surface area contributed by atoms with Gasteiger partial charge in [-0.05, 0) is 54.4 Å². The van der Waals surface area contributed by atoms with Crippen molar-refractivity contribution < 1.29 is 28.2 Å². The summed E-state index contributed by atoms with van der Waals surface area (Å²) in [5.41, 5.74) is 3.82. The molecule has 0 unspecified atom stereocenters. The molecular weight excluding hydrogens is 532 g/mol. The van der Waals surface area contributed by atoms with Gasteiger partial charge in [-0.15, -0.1) is 0 Å². The number of carboxylic acids is 1. The minimum atomic E-state index is -3.69. The van der Waals surface area contributed by atoms with Crippen molar-refractivity contribution in [1.29, 1.82) is 0 Å². The Hall–Kier alpha value is -4.03. The Morgan fingerprint density at radius 3 is 2.30 bits per heavy atom. The van der Waals surface area contributed by atoms with Gasteiger partial charge in [0.1, 0.15) is 0 Å². The molecule has 0 bridgehead atoms. The van der Waals surface area contributed by atoms with Gasteiger partial charge in [-0.2, -0.15) is 4.31 Å². The lowest BCUT2D eigenvalue weighted by atomic mass is 9.96. The smallest absolute Gasteiger partial charge is 0.336 e. The summed E-state index contributed by atoms with van der Waals surface area (Å²) in [5, 5.41) is 24.7. The van der Waals surface area contributed by atoms with Crippen LogP contribution in [0.2, 0.25) is 0 Å². The monoisotopic (exact) mass is 562 g/mol. The van der Waals surface area contributed by atoms with Crippen LogP contribution in [-0.4, -0.2) is 79.0 Å². The SMILES string of the molecule is Cc1cc2c(cc1C(=O)O)NC(=O)C2=C(Nc1ccc(S(=O)(=O)N2CCN(CCO)CC2)cc1)c1ccccc1. The summed E-state index contributed by atoms with van der Waals surface area (Å²) in [6.07, 6.45) is 0. The van der Waals surface area contributed by atoms with E-state index in [0.29, 0.717) is 66.5 Å². The molecule has 2 aliphatic heterocycles. The molecule has 208 valence electrons. The number of carboxylic acid groups (broad SMARTS) is 1. The summed E-state index contributed by atoms with van der Waals surface area (Å²) >= 11 is 0. The van der Waals surface area contributed by atoms with Crippen LogP contribution in [0, 0.1) is 6.92 Å². The number of nitrogens with zero attached hydrogens (tertiary/aromatic N) is 2. The van der Waals surface area contributed by atoms with Crippen LogP contribution in [0.25, 0.3) is 11.3 Å². The molecule has 3 aromatic rings. The normalized spacial score (nSPS) is 17.3. The number of nitrogens with one attached hydrogen (secondary N) is 2. The van der Waals surface area contributed by atoms with Crippen molar-refractivity contribution in [3.63, 3.8) is 0 Å². The number of aryl methyl sites for hydroxylation is 1. The molecule has 0 atom stereocenters. The topological polar surface area (TPSA) is 139 Å². The number of hydrogen-bond donors (Lipinski definition) is 4. The fourth-order valence-electron chi connectivity index (χ4n) is 5.03. The highest BCUT2D eigenvalue weighted by Gasteiger charge is 2.31. The van der Waals surface area contributed by atoms with E-state index >= 15 is 0 Å². The van der Waals surface area contributed by atoms with E-state index in [2.05, 4.69) is 10.6 Å². The Kier molecular flexibility index (Phi) is 7.72. The van der Waals surface area contributed by atoms with Gasteiger partial charge in [-0.1, -0.05) is 30.3 Å². The zero-order valence-electron chi connectivity index (χ0n) is 21.9. The number of aliphatic hydroxyl groups excluding tert-OH is 1. The van der Waals surface area contributed by atoms with Crippen LogP contribution < -0.4 is 10.6 Å². The number of benzene rings is 3. The Morgan fingerprint density at radius 2 is 1.68 bits per heavy atom. The van der Waals surface area contributed by atoms with E-state index in [9.17, 15) is 23.1 Å². The second-order valence-electron chi connectivity index (χ2n) is 9.71. The van der Waals surface area contributed by atoms with E-state index in [1.165, 1.54) is 22.5 Å². The lowest BCUT2D eigenvalue weighted by Gasteiger charge is -2.33. The van der Waals surface area contributed by atoms with Crippen LogP contribution in [0.4, 0.5) is 11.4 Å². The lowest BCUT2D eigenvalue weighted by molar-refractivity contribution is -0.110. The van der Waals surface area contributed by atoms with E-state index in [0.717, 1.165) is 5.56 Å². The third-order valence-electron chi connectivity index (χ3n) is 7.16. The van der Waals surface area contributed by atoms with E-state index in [1.54, 1.807) is 25.1 Å². The molecule has 0 radical (unpaired) electrons. The molecule has 2 heterocycles. The number of carbonyl (C=O) groups excluding carboxylic acids is 1. The minimum Gasteiger partial charge on any atom is -0.478 e. The highest BCUT2D eigenvalue weighted by molar-refractivity contribution is 7.89. The summed E-state index contributed by atoms with van der Waals surface area (Å²) in [6.45, 7) is 4.07. The first-order valence-electron chi connectivity index (χ1n) is 12.9. The molecular formula is C29H30N4O6S. The first-order chi connectivity index (χ1) is 19.2. The maximum Gasteiger partial charge on any atom is 0.336 e. The molecule has 0 spiro atoms. The van der Waals surface area contributed by atoms with Crippen molar-refractivity contribution in [2.75, 3.05) is 50.0 Å². The molecule has 0 aromatic heterocycles. The van der Waals surface area contributed by atoms with Crippen molar-refractivity contribution in [3.8, 4) is 0 Å². The number of fused-ring (bicyclic) bond motifs is 1. The summed E-state index contributed by atoms with van der Waals surface area (Å²) in [6, 6.07) is 18.8. The zero-order valence-corrected chi connectivity index (χ0v) is 22.7. The van der Waals surface area contributed by atoms with Crippen LogP contribution in [0.5, 0.6) is 0 Å². The van der Waals surface area contributed by atoms with Crippen molar-refractivity contribution in [1.82, 2.24) is 9.21 Å². The standard InChI is InChI=1S/C29H30N4O6S/c1-19-17-24-25(18-23(19)29(36)37)31-28(35)26(24)27(20-5-3-2-4-6-20)30-21-7-9-22(10-8-21)40(38,39)33-13-11-32(12-14-33)15-16-34/h2-10,17-18,30,34H,11-16H2,1H3,(H,31,35)(H,36,37). The number of aromatic carboxylic acids is 1. The van der Waals surface area contributed by atoms with Gasteiger partial charge in [0.25, 0.3) is 5.91 Å². The lowest BCUT2D eigenvalue weighted by Crippen LogP contribution is -2.49. The average molecular weight is 563 g/mol. The molecule has 5 rings (SSSR count). The first-order valence-corrected chi connectivity index (χ1v) is 14.3. The first kappa shape index (κ1) is 27.5. The van der Waals surface area contributed by atoms with Gasteiger partial charge in [0.2, 0.25) is 10.0 Å². The molecule has 0 aliphatic carbocycles. The van der Waals surface area contributed by atoms with Crippen LogP contribution in [0.3, 0.4) is 0 Å². The highest BCUT2D eigenvalue weighted by Crippen LogP contribution is 2.39. The maximum absolute atomic E-state index is 13.2. The third-order valence-corrected chi connectivity index (χ3v) is 9.07. The highest BCUT2D eigenvalue weighted by atomic mass is 32.2. The Morgan fingerprint density at radius 1 is 1.00 bits per heavy atom. The number of hydrogen-bond acceptors (Lipinski definition) is 7. The van der Waals surface area contributed by atoms with Crippen molar-refractivity contribution in [2.24, 2.45) is 0 Å². The molecule has 0 saturated carbocycles. The number of β-amino-alcohol motifs (C(OH)–C–C–N with tert-alkyl or cyclic N) is 1. The fourth-order valence-corrected chi connectivity index (χ4v) is 6.45. The third kappa shape index (κ3) is 5.36. The molecule has 11 heteroatoms. The number of carbonyl (C=O) groups is 2. The van der Waals surface area contributed by atoms with Gasteiger partial charge >= 0.3 is 5.97 Å². The Bertz CT molecular complexity index is 1580. The van der Waals surface area contributed by atoms with E-state index in [4.69, 9.17) is 5.11 Å². The molecule has 2 aliphatic rings. The average Bonchev–Trinajstić information content (AvgIpc) is 3.26. The fraction of sp³-hybridized carbons (Fsp3) is 0.241. The molecule has 4 N–H and O–H groups in total. The van der Waals surface area contributed by atoms with E-state index in [-0.39, 0.29) is 23.0 Å². The minimum absolute atomic E-state index is 0.0402. The van der Waals surface area contributed by atoms with Crippen LogP contribution >= 0.6 is 0 Å². The predicted molar refractivity (Wildman–Crippen MR) is 152 cm³/mol. The van der Waals surface area contributed by atoms with E-state index in [1.807, 2.05) is 35.2 Å². The summed E-state index contributed by atoms with van der Waals surface area (Å²) in [5.74, 6) is -1.45. The second kappa shape index (κ2) is 11.2. The number of anilines is 2. The number of sulfonamides is 1. The summed E-state index contributed by atoms with van der Waals surface area (Å²) < 4.78 is 27.9. The maximum atomic E-state index is 13.2. The van der Waals surface area contributed by atoms with E-state index < -0.39 is 16.0 Å². The zero-order chi connectivity index (χ0) is 28.4. The van der Waals surface area contributed by atoms with Crippen molar-refractivity contribution in [3.05, 3.63) is 89.0 Å². The van der Waals surface area contributed by atoms with Crippen LogP contribution in [-0.2, 0) is 14.8 Å². The summed E-state index contributed by atoms with van der Waals surface area (Å²) in [4.78, 5) is 27.0. The quantitative estimate of drug-likeness (QED) is 0.308. The van der Waals surface area contributed by atoms with Gasteiger partial charge in [0.05, 0.1) is 34.0 Å². The predicted octanol–water partition coefficient (Wildman–Crippen LogP) is 2.92. The van der Waals surface area contributed by atoms with Gasteiger partial charge in [0, 0.05) is 44.0 Å². The number of piperazine rings is 1. The molecule has 1 amide bonds. The van der Waals surface area contributed by atoms with Gasteiger partial charge in [-0.25, -0.2) is 13.2 Å². The molecule has 40 heavy (non-hydrogen) atoms. The van der Waals surface area contributed by atoms with Crippen LogP contribution in [0.15, 0.2) is 71.6 Å². The Balaban J connectivity index is 1.47. The number of aliphatic hydroxyl groups is 1. The summed E-state index contributed by atoms with van der Waals surface area (Å²) in [7, 11) is -3.69. The van der Waals surface area contributed by atoms with Gasteiger partial charge in [-0.3, -0.25) is 9.69 Å². The number of rotatable bonds is 8. The molecule has 1 fully saturated rings. The van der Waals surface area contributed by atoms with Crippen molar-refractivity contribution in [2.45, 2.75) is 11.8 Å². The van der Waals surface area contributed by atoms with Crippen molar-refractivity contribution >= 4 is 44.5 Å². The van der Waals surface area contributed by atoms with Gasteiger partial charge < -0.3 is 20.8 Å². The van der Waals surface area contributed by atoms with Crippen LogP contribution in [0.1, 0.15) is 27.0 Å². The van der Waals surface area contributed by atoms with Gasteiger partial charge in [0.15, 0.2) is 0 Å². The molecule has 3 aromatic carbocycles. The largest absolute Gasteiger partial charge is 0.478 e. The second-order valence-corrected chi connectivity index (χ2v) is 11.6. The molecule has 10 nitrogen and oxygen atoms in total. The number of amides is 1.